The van der Waals surface area contributed by atoms with Crippen molar-refractivity contribution in [3.05, 3.63) is 108 Å². The molecular formula is C26H22N4O8. The maximum Gasteiger partial charge on any atom is 0.291 e. The molecule has 4 aromatic heterocycles. The van der Waals surface area contributed by atoms with Gasteiger partial charge in [-0.05, 0) is 48.5 Å². The molecule has 0 aromatic carbocycles. The minimum absolute atomic E-state index is 0.00312. The number of amides is 4. The Balaban J connectivity index is 1.35. The lowest BCUT2D eigenvalue weighted by Gasteiger charge is -2.12. The highest BCUT2D eigenvalue weighted by atomic mass is 16.3. The van der Waals surface area contributed by atoms with Crippen molar-refractivity contribution < 1.29 is 36.8 Å². The van der Waals surface area contributed by atoms with Crippen molar-refractivity contribution in [1.29, 1.82) is 0 Å². The molecule has 0 spiro atoms. The third-order valence-electron chi connectivity index (χ3n) is 4.83. The number of rotatable bonds is 11. The van der Waals surface area contributed by atoms with Crippen LogP contribution in [0.25, 0.3) is 12.2 Å². The topological polar surface area (TPSA) is 169 Å². The smallest absolute Gasteiger partial charge is 0.291 e. The Morgan fingerprint density at radius 3 is 1.32 bits per heavy atom. The van der Waals surface area contributed by atoms with Crippen LogP contribution in [0.15, 0.2) is 103 Å². The molecule has 4 heterocycles. The van der Waals surface area contributed by atoms with Crippen molar-refractivity contribution >= 4 is 35.8 Å². The summed E-state index contributed by atoms with van der Waals surface area (Å²) in [4.78, 5) is 50.3. The van der Waals surface area contributed by atoms with Crippen molar-refractivity contribution in [2.45, 2.75) is 0 Å². The summed E-state index contributed by atoms with van der Waals surface area (Å²) in [6.45, 7) is -0.00624. The Hall–Kier alpha value is -5.52. The van der Waals surface area contributed by atoms with Gasteiger partial charge < -0.3 is 38.9 Å². The van der Waals surface area contributed by atoms with Gasteiger partial charge in [-0.1, -0.05) is 0 Å². The van der Waals surface area contributed by atoms with E-state index in [0.717, 1.165) is 0 Å². The summed E-state index contributed by atoms with van der Waals surface area (Å²) in [5.41, 5.74) is -0.200. The maximum atomic E-state index is 12.8. The fourth-order valence-electron chi connectivity index (χ4n) is 3.07. The van der Waals surface area contributed by atoms with Crippen molar-refractivity contribution in [2.24, 2.45) is 0 Å². The molecule has 38 heavy (non-hydrogen) atoms. The number of furan rings is 4. The summed E-state index contributed by atoms with van der Waals surface area (Å²) >= 11 is 0. The van der Waals surface area contributed by atoms with Crippen LogP contribution in [0, 0.1) is 0 Å². The molecule has 194 valence electrons. The highest BCUT2D eigenvalue weighted by Gasteiger charge is 2.18. The fourth-order valence-corrected chi connectivity index (χ4v) is 3.07. The van der Waals surface area contributed by atoms with Crippen LogP contribution in [-0.4, -0.2) is 36.7 Å². The second-order valence-electron chi connectivity index (χ2n) is 7.52. The van der Waals surface area contributed by atoms with Crippen LogP contribution >= 0.6 is 0 Å². The van der Waals surface area contributed by atoms with Gasteiger partial charge in [-0.15, -0.1) is 0 Å². The molecule has 12 heteroatoms. The Labute approximate surface area is 215 Å². The van der Waals surface area contributed by atoms with Gasteiger partial charge in [0.25, 0.3) is 23.6 Å². The summed E-state index contributed by atoms with van der Waals surface area (Å²) in [7, 11) is 0. The Morgan fingerprint density at radius 2 is 0.974 bits per heavy atom. The van der Waals surface area contributed by atoms with Gasteiger partial charge >= 0.3 is 0 Å². The summed E-state index contributed by atoms with van der Waals surface area (Å²) in [6.07, 6.45) is 8.21. The average molecular weight is 518 g/mol. The quantitative estimate of drug-likeness (QED) is 0.173. The first kappa shape index (κ1) is 25.6. The molecule has 0 aliphatic rings. The highest BCUT2D eigenvalue weighted by Crippen LogP contribution is 2.09. The Kier molecular flexibility index (Phi) is 8.37. The van der Waals surface area contributed by atoms with Crippen LogP contribution in [0.1, 0.15) is 32.6 Å². The summed E-state index contributed by atoms with van der Waals surface area (Å²) in [5, 5.41) is 10.2. The molecular weight excluding hydrogens is 496 g/mol. The monoisotopic (exact) mass is 518 g/mol. The van der Waals surface area contributed by atoms with Crippen LogP contribution in [0.2, 0.25) is 0 Å². The van der Waals surface area contributed by atoms with Gasteiger partial charge in [0.2, 0.25) is 0 Å². The first-order chi connectivity index (χ1) is 18.5. The summed E-state index contributed by atoms with van der Waals surface area (Å²) in [6, 6.07) is 12.5. The molecule has 12 nitrogen and oxygen atoms in total. The number of carbonyl (C=O) groups excluding carboxylic acids is 4. The number of carbonyl (C=O) groups is 4. The zero-order chi connectivity index (χ0) is 26.7. The molecule has 0 saturated carbocycles. The fraction of sp³-hybridized carbons (Fsp3) is 0.0769. The Morgan fingerprint density at radius 1 is 0.579 bits per heavy atom. The van der Waals surface area contributed by atoms with Crippen LogP contribution in [0.5, 0.6) is 0 Å². The molecule has 4 rings (SSSR count). The van der Waals surface area contributed by atoms with Crippen LogP contribution < -0.4 is 21.3 Å². The predicted molar refractivity (Wildman–Crippen MR) is 132 cm³/mol. The van der Waals surface area contributed by atoms with Crippen molar-refractivity contribution in [1.82, 2.24) is 21.3 Å². The first-order valence-corrected chi connectivity index (χ1v) is 11.3. The molecule has 0 radical (unpaired) electrons. The maximum absolute atomic E-state index is 12.8. The molecule has 4 aromatic rings. The van der Waals surface area contributed by atoms with Crippen molar-refractivity contribution in [2.75, 3.05) is 13.1 Å². The minimum atomic E-state index is -0.631. The zero-order valence-electron chi connectivity index (χ0n) is 19.8. The second-order valence-corrected chi connectivity index (χ2v) is 7.52. The molecule has 0 atom stereocenters. The minimum Gasteiger partial charge on any atom is -0.465 e. The van der Waals surface area contributed by atoms with Crippen molar-refractivity contribution in [3.63, 3.8) is 0 Å². The van der Waals surface area contributed by atoms with E-state index < -0.39 is 23.6 Å². The molecule has 0 aliphatic heterocycles. The van der Waals surface area contributed by atoms with Gasteiger partial charge in [-0.3, -0.25) is 19.2 Å². The van der Waals surface area contributed by atoms with Crippen LogP contribution in [0.4, 0.5) is 0 Å². The number of hydrogen-bond donors (Lipinski definition) is 4. The molecule has 0 bridgehead atoms. The molecule has 4 amide bonds. The van der Waals surface area contributed by atoms with Crippen LogP contribution in [-0.2, 0) is 9.59 Å². The summed E-state index contributed by atoms with van der Waals surface area (Å²) in [5.74, 6) is -1.81. The SMILES string of the molecule is O=C(NCCNC(=O)C(=Cc1ccco1)NC(=O)c1ccco1)C(=Cc1ccco1)NC(=O)c1ccco1. The van der Waals surface area contributed by atoms with E-state index in [2.05, 4.69) is 21.3 Å². The highest BCUT2D eigenvalue weighted by molar-refractivity contribution is 6.05. The van der Waals surface area contributed by atoms with E-state index in [4.69, 9.17) is 17.7 Å². The third-order valence-corrected chi connectivity index (χ3v) is 4.83. The number of hydrogen-bond acceptors (Lipinski definition) is 8. The van der Waals surface area contributed by atoms with Gasteiger partial charge in [0, 0.05) is 25.2 Å². The zero-order valence-corrected chi connectivity index (χ0v) is 19.8. The van der Waals surface area contributed by atoms with Gasteiger partial charge in [-0.25, -0.2) is 0 Å². The van der Waals surface area contributed by atoms with E-state index >= 15 is 0 Å². The van der Waals surface area contributed by atoms with E-state index in [-0.39, 0.29) is 36.0 Å². The molecule has 4 N–H and O–H groups in total. The molecule has 0 saturated heterocycles. The number of nitrogens with one attached hydrogen (secondary N) is 4. The van der Waals surface area contributed by atoms with Crippen molar-refractivity contribution in [3.8, 4) is 0 Å². The summed E-state index contributed by atoms with van der Waals surface area (Å²) < 4.78 is 20.6. The predicted octanol–water partition coefficient (Wildman–Crippen LogP) is 2.53. The van der Waals surface area contributed by atoms with Gasteiger partial charge in [-0.2, -0.15) is 0 Å². The second kappa shape index (κ2) is 12.4. The Bertz CT molecular complexity index is 1300. The average Bonchev–Trinajstić information content (AvgIpc) is 3.73. The lowest BCUT2D eigenvalue weighted by molar-refractivity contribution is -0.119. The molecule has 0 aliphatic carbocycles. The van der Waals surface area contributed by atoms with E-state index in [1.807, 2.05) is 0 Å². The van der Waals surface area contributed by atoms with Crippen LogP contribution in [0.3, 0.4) is 0 Å². The van der Waals surface area contributed by atoms with Gasteiger partial charge in [0.15, 0.2) is 11.5 Å². The third kappa shape index (κ3) is 7.01. The normalized spacial score (nSPS) is 11.6. The van der Waals surface area contributed by atoms with Gasteiger partial charge in [0.1, 0.15) is 22.9 Å². The lowest BCUT2D eigenvalue weighted by Crippen LogP contribution is -2.41. The van der Waals surface area contributed by atoms with Gasteiger partial charge in [0.05, 0.1) is 25.1 Å². The molecule has 0 fully saturated rings. The van der Waals surface area contributed by atoms with E-state index in [1.54, 1.807) is 36.4 Å². The first-order valence-electron chi connectivity index (χ1n) is 11.3. The standard InChI is InChI=1S/C26H22N4O8/c31-23(19(15-17-5-1-11-35-17)29-25(33)21-7-3-13-37-21)27-9-10-28-24(32)20(16-18-6-2-12-36-18)30-26(34)22-8-4-14-38-22/h1-8,11-16H,9-10H2,(H,27,31)(H,28,32)(H,29,33)(H,30,34). The molecule has 0 unspecified atom stereocenters. The van der Waals surface area contributed by atoms with E-state index in [0.29, 0.717) is 11.5 Å². The van der Waals surface area contributed by atoms with E-state index in [9.17, 15) is 19.2 Å². The lowest BCUT2D eigenvalue weighted by atomic mass is 10.3. The largest absolute Gasteiger partial charge is 0.465 e. The van der Waals surface area contributed by atoms with E-state index in [1.165, 1.54) is 49.3 Å².